The molecule has 3 aromatic rings. The molecule has 0 aliphatic carbocycles. The summed E-state index contributed by atoms with van der Waals surface area (Å²) in [5.74, 6) is -1.16. The fraction of sp³-hybridized carbons (Fsp3) is 0.0625. The van der Waals surface area contributed by atoms with Crippen LogP contribution in [-0.2, 0) is 10.0 Å². The zero-order valence-electron chi connectivity index (χ0n) is 12.5. The molecule has 8 heteroatoms. The van der Waals surface area contributed by atoms with Crippen molar-refractivity contribution in [1.29, 1.82) is 0 Å². The van der Waals surface area contributed by atoms with Gasteiger partial charge < -0.3 is 4.42 Å². The van der Waals surface area contributed by atoms with Gasteiger partial charge in [-0.3, -0.25) is 4.72 Å². The Balaban J connectivity index is 1.85. The molecule has 0 spiro atoms. The Morgan fingerprint density at radius 3 is 2.33 bits per heavy atom. The van der Waals surface area contributed by atoms with Gasteiger partial charge in [0.05, 0.1) is 16.8 Å². The molecule has 124 valence electrons. The molecular weight excluding hydrogens is 338 g/mol. The van der Waals surface area contributed by atoms with Gasteiger partial charge in [0.25, 0.3) is 10.0 Å². The first kappa shape index (κ1) is 16.1. The maximum Gasteiger partial charge on any atom is 0.261 e. The van der Waals surface area contributed by atoms with E-state index in [4.69, 9.17) is 4.42 Å². The summed E-state index contributed by atoms with van der Waals surface area (Å²) in [6.07, 6.45) is 1.54. The second-order valence-electron chi connectivity index (χ2n) is 5.00. The summed E-state index contributed by atoms with van der Waals surface area (Å²) in [4.78, 5) is 3.95. The highest BCUT2D eigenvalue weighted by Crippen LogP contribution is 2.23. The van der Waals surface area contributed by atoms with Crippen LogP contribution in [0.2, 0.25) is 0 Å². The monoisotopic (exact) mass is 350 g/mol. The van der Waals surface area contributed by atoms with Crippen molar-refractivity contribution < 1.29 is 21.6 Å². The molecule has 5 nitrogen and oxygen atoms in total. The highest BCUT2D eigenvalue weighted by Gasteiger charge is 2.16. The Bertz CT molecular complexity index is 983. The molecule has 0 saturated heterocycles. The van der Waals surface area contributed by atoms with E-state index in [0.29, 0.717) is 17.2 Å². The van der Waals surface area contributed by atoms with Crippen LogP contribution in [0.15, 0.2) is 58.0 Å². The summed E-state index contributed by atoms with van der Waals surface area (Å²) in [5, 5.41) is 0. The van der Waals surface area contributed by atoms with E-state index in [-0.39, 0.29) is 10.6 Å². The molecule has 0 radical (unpaired) electrons. The van der Waals surface area contributed by atoms with Gasteiger partial charge in [0, 0.05) is 18.6 Å². The van der Waals surface area contributed by atoms with Crippen molar-refractivity contribution in [3.8, 4) is 11.3 Å². The number of anilines is 1. The van der Waals surface area contributed by atoms with E-state index in [1.165, 1.54) is 12.1 Å². The fourth-order valence-corrected chi connectivity index (χ4v) is 3.12. The molecule has 2 aromatic carbocycles. The molecule has 0 unspecified atom stereocenters. The summed E-state index contributed by atoms with van der Waals surface area (Å²) < 4.78 is 58.2. The molecular formula is C16H12F2N2O3S. The number of oxazole rings is 1. The average molecular weight is 350 g/mol. The smallest absolute Gasteiger partial charge is 0.261 e. The normalized spacial score (nSPS) is 11.5. The number of halogens is 2. The maximum absolute atomic E-state index is 13.2. The van der Waals surface area contributed by atoms with Gasteiger partial charge in [0.1, 0.15) is 0 Å². The van der Waals surface area contributed by atoms with Crippen LogP contribution in [0.5, 0.6) is 0 Å². The van der Waals surface area contributed by atoms with Crippen LogP contribution in [0.25, 0.3) is 11.3 Å². The molecule has 0 amide bonds. The number of aromatic nitrogens is 1. The van der Waals surface area contributed by atoms with Gasteiger partial charge in [-0.25, -0.2) is 22.2 Å². The van der Waals surface area contributed by atoms with Gasteiger partial charge in [-0.2, -0.15) is 0 Å². The lowest BCUT2D eigenvalue weighted by molar-refractivity contribution is 0.509. The van der Waals surface area contributed by atoms with E-state index in [0.717, 1.165) is 18.2 Å². The van der Waals surface area contributed by atoms with Crippen molar-refractivity contribution in [1.82, 2.24) is 4.98 Å². The number of hydrogen-bond donors (Lipinski definition) is 1. The van der Waals surface area contributed by atoms with E-state index in [1.807, 2.05) is 0 Å². The maximum atomic E-state index is 13.2. The minimum atomic E-state index is -3.92. The van der Waals surface area contributed by atoms with Gasteiger partial charge in [0.15, 0.2) is 23.3 Å². The van der Waals surface area contributed by atoms with Crippen LogP contribution in [0.4, 0.5) is 14.5 Å². The summed E-state index contributed by atoms with van der Waals surface area (Å²) >= 11 is 0. The van der Waals surface area contributed by atoms with E-state index in [1.54, 1.807) is 25.3 Å². The topological polar surface area (TPSA) is 72.2 Å². The third kappa shape index (κ3) is 3.28. The molecule has 0 aliphatic heterocycles. The molecule has 0 bridgehead atoms. The fourth-order valence-electron chi connectivity index (χ4n) is 2.07. The van der Waals surface area contributed by atoms with Crippen LogP contribution in [0, 0.1) is 18.6 Å². The third-order valence-electron chi connectivity index (χ3n) is 3.24. The predicted molar refractivity (Wildman–Crippen MR) is 83.8 cm³/mol. The number of sulfonamides is 1. The number of nitrogens with one attached hydrogen (secondary N) is 1. The van der Waals surface area contributed by atoms with Gasteiger partial charge in [0.2, 0.25) is 0 Å². The third-order valence-corrected chi connectivity index (χ3v) is 4.64. The molecule has 0 saturated carbocycles. The highest BCUT2D eigenvalue weighted by molar-refractivity contribution is 7.92. The molecule has 24 heavy (non-hydrogen) atoms. The molecule has 0 aliphatic rings. The lowest BCUT2D eigenvalue weighted by Crippen LogP contribution is -2.13. The Kier molecular flexibility index (Phi) is 4.06. The zero-order valence-corrected chi connectivity index (χ0v) is 13.3. The van der Waals surface area contributed by atoms with E-state index in [2.05, 4.69) is 9.71 Å². The van der Waals surface area contributed by atoms with Gasteiger partial charge in [-0.15, -0.1) is 0 Å². The predicted octanol–water partition coefficient (Wildman–Crippen LogP) is 3.73. The quantitative estimate of drug-likeness (QED) is 0.778. The average Bonchev–Trinajstić information content (AvgIpc) is 2.97. The van der Waals surface area contributed by atoms with E-state index >= 15 is 0 Å². The minimum Gasteiger partial charge on any atom is -0.441 e. The van der Waals surface area contributed by atoms with Crippen LogP contribution < -0.4 is 4.72 Å². The van der Waals surface area contributed by atoms with Gasteiger partial charge in [-0.05, 0) is 36.4 Å². The Morgan fingerprint density at radius 1 is 1.04 bits per heavy atom. The number of nitrogens with zero attached hydrogens (tertiary/aromatic N) is 1. The largest absolute Gasteiger partial charge is 0.441 e. The van der Waals surface area contributed by atoms with Crippen molar-refractivity contribution in [3.05, 3.63) is 66.2 Å². The first-order valence-electron chi connectivity index (χ1n) is 6.86. The van der Waals surface area contributed by atoms with Gasteiger partial charge in [-0.1, -0.05) is 0 Å². The zero-order chi connectivity index (χ0) is 17.3. The summed E-state index contributed by atoms with van der Waals surface area (Å²) in [5.41, 5.74) is 0.603. The molecule has 1 heterocycles. The minimum absolute atomic E-state index is 0.0211. The van der Waals surface area contributed by atoms with E-state index < -0.39 is 21.7 Å². The Morgan fingerprint density at radius 2 is 1.75 bits per heavy atom. The molecule has 0 atom stereocenters. The number of rotatable bonds is 4. The number of hydrogen-bond acceptors (Lipinski definition) is 4. The number of aryl methyl sites for hydroxylation is 1. The second kappa shape index (κ2) is 6.04. The first-order chi connectivity index (χ1) is 11.3. The van der Waals surface area contributed by atoms with Crippen LogP contribution in [0.3, 0.4) is 0 Å². The first-order valence-corrected chi connectivity index (χ1v) is 8.34. The molecule has 0 fully saturated rings. The van der Waals surface area contributed by atoms with Crippen molar-refractivity contribution in [2.75, 3.05) is 4.72 Å². The van der Waals surface area contributed by atoms with E-state index in [9.17, 15) is 17.2 Å². The van der Waals surface area contributed by atoms with Crippen LogP contribution >= 0.6 is 0 Å². The van der Waals surface area contributed by atoms with Crippen LogP contribution in [-0.4, -0.2) is 13.4 Å². The van der Waals surface area contributed by atoms with Crippen molar-refractivity contribution >= 4 is 15.7 Å². The molecule has 1 aromatic heterocycles. The molecule has 3 rings (SSSR count). The lowest BCUT2D eigenvalue weighted by Gasteiger charge is -2.08. The summed E-state index contributed by atoms with van der Waals surface area (Å²) in [6.45, 7) is 1.70. The van der Waals surface area contributed by atoms with Crippen molar-refractivity contribution in [3.63, 3.8) is 0 Å². The lowest BCUT2D eigenvalue weighted by atomic mass is 10.2. The Labute approximate surface area is 137 Å². The number of benzene rings is 2. The summed E-state index contributed by atoms with van der Waals surface area (Å²) in [6, 6.07) is 8.67. The van der Waals surface area contributed by atoms with Crippen molar-refractivity contribution in [2.24, 2.45) is 0 Å². The Hall–Kier alpha value is -2.74. The summed E-state index contributed by atoms with van der Waals surface area (Å²) in [7, 11) is -3.92. The SMILES string of the molecule is Cc1ncc(-c2ccc(S(=O)(=O)Nc3ccc(F)c(F)c3)cc2)o1. The standard InChI is InChI=1S/C16H12F2N2O3S/c1-10-19-9-16(23-10)11-2-5-13(6-3-11)24(21,22)20-12-4-7-14(17)15(18)8-12/h2-9,20H,1H3. The molecule has 1 N–H and O–H groups in total. The highest BCUT2D eigenvalue weighted by atomic mass is 32.2. The van der Waals surface area contributed by atoms with Crippen molar-refractivity contribution in [2.45, 2.75) is 11.8 Å². The second-order valence-corrected chi connectivity index (χ2v) is 6.68. The van der Waals surface area contributed by atoms with Gasteiger partial charge >= 0.3 is 0 Å². The van der Waals surface area contributed by atoms with Crippen LogP contribution in [0.1, 0.15) is 5.89 Å².